The minimum atomic E-state index is -0.453. The Morgan fingerprint density at radius 1 is 1.30 bits per heavy atom. The molecule has 2 aromatic rings. The third kappa shape index (κ3) is 2.73. The first-order chi connectivity index (χ1) is 9.52. The van der Waals surface area contributed by atoms with Crippen molar-refractivity contribution in [3.05, 3.63) is 22.8 Å². The molecule has 0 unspecified atom stereocenters. The number of nitrogens with zero attached hydrogens (tertiary/aromatic N) is 4. The van der Waals surface area contributed by atoms with Crippen LogP contribution in [-0.4, -0.2) is 31.3 Å². The Balaban J connectivity index is 2.17. The standard InChI is InChI=1S/C12H17N7O/c1-4-5-8-9(13)10(18-17-8)11(20)15-12-14-6(2)7(3)16-19-12/h4-5,13H2,1-3H3,(H,17,18)(H,14,15,19,20). The molecule has 106 valence electrons. The molecule has 0 atom stereocenters. The van der Waals surface area contributed by atoms with Crippen LogP contribution in [0.2, 0.25) is 0 Å². The fourth-order valence-corrected chi connectivity index (χ4v) is 1.67. The highest BCUT2D eigenvalue weighted by molar-refractivity contribution is 6.05. The van der Waals surface area contributed by atoms with Crippen LogP contribution in [0.4, 0.5) is 11.6 Å². The van der Waals surface area contributed by atoms with Gasteiger partial charge in [-0.3, -0.25) is 15.2 Å². The Kier molecular flexibility index (Phi) is 3.92. The van der Waals surface area contributed by atoms with Crippen molar-refractivity contribution in [3.63, 3.8) is 0 Å². The lowest BCUT2D eigenvalue weighted by Gasteiger charge is -2.03. The number of aromatic amines is 1. The molecule has 0 aliphatic rings. The minimum absolute atomic E-state index is 0.137. The monoisotopic (exact) mass is 275 g/mol. The number of nitrogens with one attached hydrogen (secondary N) is 2. The van der Waals surface area contributed by atoms with E-state index in [9.17, 15) is 4.79 Å². The second-order valence-corrected chi connectivity index (χ2v) is 4.47. The van der Waals surface area contributed by atoms with E-state index in [2.05, 4.69) is 30.7 Å². The fourth-order valence-electron chi connectivity index (χ4n) is 1.67. The van der Waals surface area contributed by atoms with Crippen LogP contribution in [0.3, 0.4) is 0 Å². The van der Waals surface area contributed by atoms with E-state index < -0.39 is 5.91 Å². The smallest absolute Gasteiger partial charge is 0.280 e. The molecule has 0 spiro atoms. The normalized spacial score (nSPS) is 10.6. The lowest BCUT2D eigenvalue weighted by molar-refractivity contribution is 0.102. The van der Waals surface area contributed by atoms with Crippen molar-refractivity contribution in [1.82, 2.24) is 25.4 Å². The van der Waals surface area contributed by atoms with Gasteiger partial charge in [-0.05, 0) is 20.3 Å². The summed E-state index contributed by atoms with van der Waals surface area (Å²) in [5.41, 5.74) is 8.58. The molecule has 8 nitrogen and oxygen atoms in total. The lowest BCUT2D eigenvalue weighted by atomic mass is 10.2. The number of hydrogen-bond donors (Lipinski definition) is 3. The number of nitrogens with two attached hydrogens (primary N) is 1. The Morgan fingerprint density at radius 3 is 2.70 bits per heavy atom. The Bertz CT molecular complexity index is 635. The first-order valence-corrected chi connectivity index (χ1v) is 6.35. The number of carbonyl (C=O) groups excluding carboxylic acids is 1. The molecule has 2 aromatic heterocycles. The molecule has 8 heteroatoms. The van der Waals surface area contributed by atoms with Crippen LogP contribution in [0, 0.1) is 13.8 Å². The summed E-state index contributed by atoms with van der Waals surface area (Å²) < 4.78 is 0. The van der Waals surface area contributed by atoms with Crippen molar-refractivity contribution in [1.29, 1.82) is 0 Å². The van der Waals surface area contributed by atoms with Gasteiger partial charge in [-0.25, -0.2) is 4.98 Å². The van der Waals surface area contributed by atoms with Crippen LogP contribution < -0.4 is 11.1 Å². The number of carbonyl (C=O) groups is 1. The first kappa shape index (κ1) is 13.9. The van der Waals surface area contributed by atoms with Gasteiger partial charge in [-0.2, -0.15) is 10.2 Å². The summed E-state index contributed by atoms with van der Waals surface area (Å²) in [6.45, 7) is 5.61. The van der Waals surface area contributed by atoms with Crippen molar-refractivity contribution in [2.24, 2.45) is 0 Å². The molecule has 2 rings (SSSR count). The number of amides is 1. The average Bonchev–Trinajstić information content (AvgIpc) is 2.76. The largest absolute Gasteiger partial charge is 0.395 e. The molecule has 0 saturated carbocycles. The van der Waals surface area contributed by atoms with Gasteiger partial charge in [0.05, 0.1) is 22.8 Å². The Morgan fingerprint density at radius 2 is 2.05 bits per heavy atom. The summed E-state index contributed by atoms with van der Waals surface area (Å²) in [6, 6.07) is 0. The summed E-state index contributed by atoms with van der Waals surface area (Å²) >= 11 is 0. The fraction of sp³-hybridized carbons (Fsp3) is 0.417. The van der Waals surface area contributed by atoms with Crippen LogP contribution in [0.25, 0.3) is 0 Å². The summed E-state index contributed by atoms with van der Waals surface area (Å²) in [6.07, 6.45) is 1.66. The minimum Gasteiger partial charge on any atom is -0.395 e. The zero-order valence-corrected chi connectivity index (χ0v) is 11.7. The van der Waals surface area contributed by atoms with Crippen LogP contribution in [0.15, 0.2) is 0 Å². The van der Waals surface area contributed by atoms with E-state index in [-0.39, 0.29) is 11.6 Å². The van der Waals surface area contributed by atoms with Crippen molar-refractivity contribution >= 4 is 17.5 Å². The van der Waals surface area contributed by atoms with Crippen LogP contribution in [0.5, 0.6) is 0 Å². The highest BCUT2D eigenvalue weighted by atomic mass is 16.2. The second kappa shape index (κ2) is 5.64. The maximum Gasteiger partial charge on any atom is 0.280 e. The van der Waals surface area contributed by atoms with E-state index >= 15 is 0 Å². The van der Waals surface area contributed by atoms with Crippen molar-refractivity contribution in [2.45, 2.75) is 33.6 Å². The van der Waals surface area contributed by atoms with E-state index in [1.165, 1.54) is 0 Å². The third-order valence-corrected chi connectivity index (χ3v) is 2.92. The van der Waals surface area contributed by atoms with Gasteiger partial charge in [0, 0.05) is 0 Å². The molecule has 0 aliphatic heterocycles. The van der Waals surface area contributed by atoms with Crippen LogP contribution >= 0.6 is 0 Å². The zero-order chi connectivity index (χ0) is 14.7. The summed E-state index contributed by atoms with van der Waals surface area (Å²) in [5, 5.41) is 16.9. The predicted octanol–water partition coefficient (Wildman–Crippen LogP) is 0.999. The van der Waals surface area contributed by atoms with E-state index in [0.29, 0.717) is 17.1 Å². The third-order valence-electron chi connectivity index (χ3n) is 2.92. The van der Waals surface area contributed by atoms with Gasteiger partial charge in [0.15, 0.2) is 5.69 Å². The highest BCUT2D eigenvalue weighted by Crippen LogP contribution is 2.16. The van der Waals surface area contributed by atoms with E-state index in [1.54, 1.807) is 13.8 Å². The van der Waals surface area contributed by atoms with E-state index in [4.69, 9.17) is 5.73 Å². The van der Waals surface area contributed by atoms with Gasteiger partial charge in [0.25, 0.3) is 5.91 Å². The number of rotatable bonds is 4. The molecular weight excluding hydrogens is 258 g/mol. The molecular formula is C12H17N7O. The molecule has 1 amide bonds. The van der Waals surface area contributed by atoms with Crippen molar-refractivity contribution in [2.75, 3.05) is 11.1 Å². The van der Waals surface area contributed by atoms with Crippen molar-refractivity contribution < 1.29 is 4.79 Å². The number of H-pyrrole nitrogens is 1. The van der Waals surface area contributed by atoms with Gasteiger partial charge in [0.2, 0.25) is 5.95 Å². The number of aromatic nitrogens is 5. The van der Waals surface area contributed by atoms with Crippen LogP contribution in [-0.2, 0) is 6.42 Å². The first-order valence-electron chi connectivity index (χ1n) is 6.35. The lowest BCUT2D eigenvalue weighted by Crippen LogP contribution is -2.17. The van der Waals surface area contributed by atoms with E-state index in [1.807, 2.05) is 6.92 Å². The second-order valence-electron chi connectivity index (χ2n) is 4.47. The summed E-state index contributed by atoms with van der Waals surface area (Å²) in [4.78, 5) is 16.2. The highest BCUT2D eigenvalue weighted by Gasteiger charge is 2.18. The zero-order valence-electron chi connectivity index (χ0n) is 11.7. The molecule has 0 aliphatic carbocycles. The molecule has 4 N–H and O–H groups in total. The number of nitrogen functional groups attached to an aromatic ring is 1. The van der Waals surface area contributed by atoms with Gasteiger partial charge in [-0.15, -0.1) is 5.10 Å². The van der Waals surface area contributed by atoms with Gasteiger partial charge >= 0.3 is 0 Å². The van der Waals surface area contributed by atoms with Gasteiger partial charge in [-0.1, -0.05) is 13.3 Å². The van der Waals surface area contributed by atoms with Crippen molar-refractivity contribution in [3.8, 4) is 0 Å². The number of anilines is 2. The average molecular weight is 275 g/mol. The molecule has 0 saturated heterocycles. The molecule has 0 bridgehead atoms. The molecule has 20 heavy (non-hydrogen) atoms. The SMILES string of the molecule is CCCc1[nH]nc(C(=O)Nc2nnc(C)c(C)n2)c1N. The number of hydrogen-bond acceptors (Lipinski definition) is 6. The molecule has 2 heterocycles. The van der Waals surface area contributed by atoms with Gasteiger partial charge in [0.1, 0.15) is 0 Å². The maximum absolute atomic E-state index is 12.1. The van der Waals surface area contributed by atoms with E-state index in [0.717, 1.165) is 18.5 Å². The molecule has 0 radical (unpaired) electrons. The van der Waals surface area contributed by atoms with Gasteiger partial charge < -0.3 is 5.73 Å². The van der Waals surface area contributed by atoms with Crippen LogP contribution in [0.1, 0.15) is 40.9 Å². The predicted molar refractivity (Wildman–Crippen MR) is 74.2 cm³/mol. The maximum atomic E-state index is 12.1. The number of aryl methyl sites for hydroxylation is 3. The molecule has 0 aromatic carbocycles. The quantitative estimate of drug-likeness (QED) is 0.765. The Labute approximate surface area is 116 Å². The Hall–Kier alpha value is -2.51. The summed E-state index contributed by atoms with van der Waals surface area (Å²) in [5.74, 6) is -0.316. The summed E-state index contributed by atoms with van der Waals surface area (Å²) in [7, 11) is 0. The molecule has 0 fully saturated rings. The topological polar surface area (TPSA) is 122 Å².